The molecule has 3 heterocycles. The molecular weight excluding hydrogens is 601 g/mol. The summed E-state index contributed by atoms with van der Waals surface area (Å²) in [5.74, 6) is 1.49. The van der Waals surface area contributed by atoms with E-state index in [4.69, 9.17) is 14.4 Å². The molecular formula is C44H28N4O. The first-order valence-electron chi connectivity index (χ1n) is 16.5. The van der Waals surface area contributed by atoms with Crippen molar-refractivity contribution in [3.63, 3.8) is 0 Å². The van der Waals surface area contributed by atoms with Gasteiger partial charge in [-0.25, -0.2) is 9.98 Å². The van der Waals surface area contributed by atoms with Crippen LogP contribution in [0, 0.1) is 0 Å². The minimum Gasteiger partial charge on any atom is -0.456 e. The Balaban J connectivity index is 1.15. The molecule has 2 aromatic heterocycles. The molecule has 230 valence electrons. The van der Waals surface area contributed by atoms with Gasteiger partial charge in [-0.3, -0.25) is 4.98 Å². The third-order valence-corrected chi connectivity index (χ3v) is 9.60. The lowest BCUT2D eigenvalue weighted by Crippen LogP contribution is -2.33. The smallest absolute Gasteiger partial charge is 0.159 e. The van der Waals surface area contributed by atoms with Crippen molar-refractivity contribution in [2.45, 2.75) is 6.17 Å². The highest BCUT2D eigenvalue weighted by molar-refractivity contribution is 6.21. The van der Waals surface area contributed by atoms with Crippen LogP contribution in [0.15, 0.2) is 172 Å². The molecule has 0 saturated heterocycles. The fourth-order valence-electron chi connectivity index (χ4n) is 7.24. The zero-order valence-electron chi connectivity index (χ0n) is 26.3. The summed E-state index contributed by atoms with van der Waals surface area (Å²) < 4.78 is 6.22. The summed E-state index contributed by atoms with van der Waals surface area (Å²) in [4.78, 5) is 14.9. The van der Waals surface area contributed by atoms with Gasteiger partial charge >= 0.3 is 0 Å². The molecule has 0 amide bonds. The van der Waals surface area contributed by atoms with Gasteiger partial charge in [0, 0.05) is 34.3 Å². The number of aliphatic imine (C=N–C) groups is 2. The fourth-order valence-corrected chi connectivity index (χ4v) is 7.24. The minimum absolute atomic E-state index is 0.324. The quantitative estimate of drug-likeness (QED) is 0.211. The van der Waals surface area contributed by atoms with Crippen LogP contribution < -0.4 is 5.32 Å². The van der Waals surface area contributed by atoms with Crippen LogP contribution in [0.3, 0.4) is 0 Å². The van der Waals surface area contributed by atoms with Gasteiger partial charge in [0.15, 0.2) is 5.84 Å². The predicted octanol–water partition coefficient (Wildman–Crippen LogP) is 10.6. The molecule has 0 bridgehead atoms. The second-order valence-electron chi connectivity index (χ2n) is 12.5. The molecule has 0 radical (unpaired) electrons. The lowest BCUT2D eigenvalue weighted by atomic mass is 9.92. The van der Waals surface area contributed by atoms with E-state index in [-0.39, 0.29) is 6.17 Å². The van der Waals surface area contributed by atoms with Gasteiger partial charge in [0.05, 0.1) is 0 Å². The average molecular weight is 629 g/mol. The zero-order chi connectivity index (χ0) is 32.3. The highest BCUT2D eigenvalue weighted by atomic mass is 16.3. The summed E-state index contributed by atoms with van der Waals surface area (Å²) >= 11 is 0. The summed E-state index contributed by atoms with van der Waals surface area (Å²) in [5, 5.41) is 12.8. The molecule has 5 heteroatoms. The maximum absolute atomic E-state index is 6.22. The molecule has 0 fully saturated rings. The van der Waals surface area contributed by atoms with E-state index in [0.717, 1.165) is 71.8 Å². The van der Waals surface area contributed by atoms with Crippen molar-refractivity contribution in [3.05, 3.63) is 175 Å². The fraction of sp³-hybridized carbons (Fsp3) is 0.0227. The van der Waals surface area contributed by atoms with Crippen LogP contribution in [0.25, 0.3) is 65.4 Å². The molecule has 5 nitrogen and oxygen atoms in total. The van der Waals surface area contributed by atoms with Gasteiger partial charge in [-0.2, -0.15) is 0 Å². The molecule has 1 aliphatic rings. The van der Waals surface area contributed by atoms with E-state index in [0.29, 0.717) is 5.84 Å². The molecule has 9 aromatic rings. The van der Waals surface area contributed by atoms with Gasteiger partial charge in [0.1, 0.15) is 23.2 Å². The Kier molecular flexibility index (Phi) is 6.18. The van der Waals surface area contributed by atoms with Crippen LogP contribution in [-0.4, -0.2) is 16.7 Å². The Bertz CT molecular complexity index is 2830. The highest BCUT2D eigenvalue weighted by Gasteiger charge is 2.23. The van der Waals surface area contributed by atoms with Crippen molar-refractivity contribution in [2.75, 3.05) is 0 Å². The van der Waals surface area contributed by atoms with Gasteiger partial charge in [-0.1, -0.05) is 121 Å². The van der Waals surface area contributed by atoms with Crippen LogP contribution in [-0.2, 0) is 0 Å². The number of pyridine rings is 1. The number of aromatic nitrogens is 1. The van der Waals surface area contributed by atoms with Gasteiger partial charge in [0.25, 0.3) is 0 Å². The standard InChI is InChI=1S/C44H28N4O/c1-3-10-29-24-31(20-18-27(29)8-1)42-46-43(32-21-19-28-9-2-4-11-30(28)25-32)48-44(47-42)37-16-6-12-33-34(13-5-14-35(33)37)36-15-7-17-40-41(36)38-26-45-23-22-39(38)49-40/h1-26,42H,(H,46,47,48). The van der Waals surface area contributed by atoms with E-state index in [1.807, 2.05) is 18.3 Å². The number of fused-ring (bicyclic) bond motifs is 6. The Morgan fingerprint density at radius 3 is 2.06 bits per heavy atom. The SMILES string of the molecule is c1ccc2cc(C3=NC(c4ccc5ccccc5c4)NC(c4cccc5c(-c6cccc7oc8ccncc8c67)cccc45)=N3)ccc2c1. The first-order chi connectivity index (χ1) is 24.3. The van der Waals surface area contributed by atoms with E-state index in [2.05, 4.69) is 144 Å². The Labute approximate surface area is 281 Å². The summed E-state index contributed by atoms with van der Waals surface area (Å²) in [5.41, 5.74) is 7.00. The number of benzene rings is 7. The second kappa shape index (κ2) is 11.0. The van der Waals surface area contributed by atoms with Gasteiger partial charge in [-0.05, 0) is 73.3 Å². The molecule has 0 spiro atoms. The maximum atomic E-state index is 6.22. The van der Waals surface area contributed by atoms with Gasteiger partial charge in [-0.15, -0.1) is 0 Å². The predicted molar refractivity (Wildman–Crippen MR) is 201 cm³/mol. The lowest BCUT2D eigenvalue weighted by molar-refractivity contribution is 0.668. The zero-order valence-corrected chi connectivity index (χ0v) is 26.3. The highest BCUT2D eigenvalue weighted by Crippen LogP contribution is 2.39. The normalized spacial score (nSPS) is 14.7. The first-order valence-corrected chi connectivity index (χ1v) is 16.5. The summed E-state index contributed by atoms with van der Waals surface area (Å²) in [6.07, 6.45) is 3.34. The number of hydrogen-bond acceptors (Lipinski definition) is 5. The Hall–Kier alpha value is -6.59. The van der Waals surface area contributed by atoms with E-state index in [1.54, 1.807) is 6.20 Å². The number of nitrogens with zero attached hydrogens (tertiary/aromatic N) is 3. The van der Waals surface area contributed by atoms with Crippen molar-refractivity contribution < 1.29 is 4.42 Å². The molecule has 49 heavy (non-hydrogen) atoms. The molecule has 1 atom stereocenters. The van der Waals surface area contributed by atoms with Crippen LogP contribution in [0.5, 0.6) is 0 Å². The first kappa shape index (κ1) is 27.5. The Morgan fingerprint density at radius 2 is 1.22 bits per heavy atom. The van der Waals surface area contributed by atoms with Gasteiger partial charge in [0.2, 0.25) is 0 Å². The number of hydrogen-bond donors (Lipinski definition) is 1. The molecule has 7 aromatic carbocycles. The van der Waals surface area contributed by atoms with Crippen molar-refractivity contribution in [1.82, 2.24) is 10.3 Å². The van der Waals surface area contributed by atoms with Crippen molar-refractivity contribution in [3.8, 4) is 11.1 Å². The van der Waals surface area contributed by atoms with Crippen molar-refractivity contribution in [1.29, 1.82) is 0 Å². The number of amidine groups is 2. The largest absolute Gasteiger partial charge is 0.456 e. The van der Waals surface area contributed by atoms with Crippen molar-refractivity contribution in [2.24, 2.45) is 9.98 Å². The van der Waals surface area contributed by atoms with Gasteiger partial charge < -0.3 is 9.73 Å². The molecule has 1 unspecified atom stereocenters. The van der Waals surface area contributed by atoms with E-state index in [9.17, 15) is 0 Å². The van der Waals surface area contributed by atoms with Crippen LogP contribution in [0.1, 0.15) is 22.9 Å². The van der Waals surface area contributed by atoms with Crippen molar-refractivity contribution >= 4 is 65.9 Å². The monoisotopic (exact) mass is 628 g/mol. The molecule has 10 rings (SSSR count). The van der Waals surface area contributed by atoms with Crippen LogP contribution >= 0.6 is 0 Å². The number of rotatable bonds is 4. The van der Waals surface area contributed by atoms with E-state index >= 15 is 0 Å². The summed E-state index contributed by atoms with van der Waals surface area (Å²) in [6.45, 7) is 0. The minimum atomic E-state index is -0.324. The van der Waals surface area contributed by atoms with E-state index in [1.165, 1.54) is 16.2 Å². The number of furan rings is 1. The Morgan fingerprint density at radius 1 is 0.531 bits per heavy atom. The summed E-state index contributed by atoms with van der Waals surface area (Å²) in [7, 11) is 0. The molecule has 1 aliphatic heterocycles. The molecule has 1 N–H and O–H groups in total. The maximum Gasteiger partial charge on any atom is 0.159 e. The molecule has 0 saturated carbocycles. The average Bonchev–Trinajstić information content (AvgIpc) is 3.56. The second-order valence-corrected chi connectivity index (χ2v) is 12.5. The number of nitrogens with one attached hydrogen (secondary N) is 1. The van der Waals surface area contributed by atoms with Crippen LogP contribution in [0.4, 0.5) is 0 Å². The third-order valence-electron chi connectivity index (χ3n) is 9.60. The lowest BCUT2D eigenvalue weighted by Gasteiger charge is -2.25. The third kappa shape index (κ3) is 4.59. The van der Waals surface area contributed by atoms with Crippen LogP contribution in [0.2, 0.25) is 0 Å². The van der Waals surface area contributed by atoms with E-state index < -0.39 is 0 Å². The topological polar surface area (TPSA) is 62.8 Å². The molecule has 0 aliphatic carbocycles. The summed E-state index contributed by atoms with van der Waals surface area (Å²) in [6, 6.07) is 51.0.